The topological polar surface area (TPSA) is 239 Å². The Labute approximate surface area is 251 Å². The van der Waals surface area contributed by atoms with Gasteiger partial charge in [-0.1, -0.05) is 74.4 Å². The number of nitrogens with zero attached hydrogens (tertiary/aromatic N) is 1. The zero-order chi connectivity index (χ0) is 31.8. The van der Waals surface area contributed by atoms with Gasteiger partial charge in [-0.3, -0.25) is 24.8 Å². The van der Waals surface area contributed by atoms with Crippen LogP contribution in [-0.2, 0) is 32.1 Å². The lowest BCUT2D eigenvalue weighted by atomic mass is 9.95. The van der Waals surface area contributed by atoms with E-state index in [2.05, 4.69) is 20.9 Å². The number of carbonyl (C=O) groups excluding carboxylic acids is 3. The van der Waals surface area contributed by atoms with Gasteiger partial charge in [-0.05, 0) is 36.8 Å². The second-order valence-corrected chi connectivity index (χ2v) is 10.1. The number of rotatable bonds is 18. The number of carboxylic acids is 1. The number of benzene rings is 2. The zero-order valence-electron chi connectivity index (χ0n) is 24.3. The van der Waals surface area contributed by atoms with Crippen LogP contribution >= 0.6 is 0 Å². The third-order valence-electron chi connectivity index (χ3n) is 6.69. The van der Waals surface area contributed by atoms with E-state index in [1.54, 1.807) is 24.3 Å². The van der Waals surface area contributed by atoms with Crippen molar-refractivity contribution in [3.05, 3.63) is 71.3 Å². The van der Waals surface area contributed by atoms with Gasteiger partial charge in [-0.25, -0.2) is 4.79 Å². The van der Waals surface area contributed by atoms with Crippen LogP contribution in [0.3, 0.4) is 0 Å². The highest BCUT2D eigenvalue weighted by Crippen LogP contribution is 2.14. The van der Waals surface area contributed by atoms with E-state index in [1.165, 1.54) is 0 Å². The van der Waals surface area contributed by atoms with E-state index < -0.39 is 41.7 Å². The predicted molar refractivity (Wildman–Crippen MR) is 164 cm³/mol. The first-order valence-electron chi connectivity index (χ1n) is 14.2. The summed E-state index contributed by atoms with van der Waals surface area (Å²) in [5.74, 6) is -4.51. The molecule has 13 nitrogen and oxygen atoms in total. The van der Waals surface area contributed by atoms with Gasteiger partial charge in [0.15, 0.2) is 5.96 Å². The number of nitrogens with two attached hydrogens (primary N) is 3. The summed E-state index contributed by atoms with van der Waals surface area (Å²) >= 11 is 0. The number of guanidine groups is 1. The lowest BCUT2D eigenvalue weighted by molar-refractivity contribution is -0.142. The van der Waals surface area contributed by atoms with Crippen LogP contribution in [0, 0.1) is 11.3 Å². The summed E-state index contributed by atoms with van der Waals surface area (Å²) in [6.07, 6.45) is 1.97. The molecule has 0 aliphatic carbocycles. The van der Waals surface area contributed by atoms with Crippen molar-refractivity contribution in [3.8, 4) is 0 Å². The smallest absolute Gasteiger partial charge is 0.326 e. The minimum atomic E-state index is -1.23. The number of carbonyl (C=O) groups is 4. The molecule has 2 aromatic carbocycles. The maximum atomic E-state index is 13.6. The first kappa shape index (κ1) is 34.3. The van der Waals surface area contributed by atoms with Crippen molar-refractivity contribution in [1.82, 2.24) is 16.0 Å². The number of amides is 3. The molecule has 3 amide bonds. The van der Waals surface area contributed by atoms with Gasteiger partial charge in [0, 0.05) is 18.7 Å². The fourth-order valence-electron chi connectivity index (χ4n) is 4.25. The summed E-state index contributed by atoms with van der Waals surface area (Å²) in [6, 6.07) is 13.6. The molecule has 0 saturated heterocycles. The fourth-order valence-corrected chi connectivity index (χ4v) is 4.25. The Bertz CT molecular complexity index is 1260. The number of carboxylic acid groups (broad SMARTS) is 1. The maximum Gasteiger partial charge on any atom is 0.326 e. The normalized spacial score (nSPS) is 12.7. The molecule has 0 radical (unpaired) electrons. The molecule has 0 aliphatic heterocycles. The minimum absolute atomic E-state index is 0.0231. The number of nitrogen functional groups attached to an aromatic ring is 1. The molecule has 0 aromatic heterocycles. The number of hydrogen-bond acceptors (Lipinski definition) is 6. The Kier molecular flexibility index (Phi) is 14.2. The average Bonchev–Trinajstić information content (AvgIpc) is 2.98. The van der Waals surface area contributed by atoms with Crippen LogP contribution in [0.5, 0.6) is 0 Å². The first-order valence-corrected chi connectivity index (χ1v) is 14.2. The Morgan fingerprint density at radius 3 is 2.05 bits per heavy atom. The highest BCUT2D eigenvalue weighted by atomic mass is 16.4. The third kappa shape index (κ3) is 12.2. The van der Waals surface area contributed by atoms with Gasteiger partial charge in [0.1, 0.15) is 23.8 Å². The molecule has 43 heavy (non-hydrogen) atoms. The van der Waals surface area contributed by atoms with Gasteiger partial charge in [0.25, 0.3) is 0 Å². The Morgan fingerprint density at radius 1 is 0.837 bits per heavy atom. The number of aliphatic imine (C=N–C) groups is 1. The van der Waals surface area contributed by atoms with Crippen molar-refractivity contribution in [2.24, 2.45) is 28.1 Å². The number of nitrogens with one attached hydrogen (secondary N) is 4. The quantitative estimate of drug-likeness (QED) is 0.0529. The van der Waals surface area contributed by atoms with E-state index in [9.17, 15) is 24.3 Å². The van der Waals surface area contributed by atoms with Crippen molar-refractivity contribution >= 4 is 35.5 Å². The van der Waals surface area contributed by atoms with Gasteiger partial charge in [-0.15, -0.1) is 0 Å². The molecule has 0 saturated carbocycles. The second kappa shape index (κ2) is 17.8. The highest BCUT2D eigenvalue weighted by Gasteiger charge is 2.32. The fraction of sp³-hybridized carbons (Fsp3) is 0.400. The second-order valence-electron chi connectivity index (χ2n) is 10.1. The molecular formula is C30H42N8O5. The molecule has 1 unspecified atom stereocenters. The lowest BCUT2D eigenvalue weighted by Gasteiger charge is -2.24. The molecular weight excluding hydrogens is 552 g/mol. The summed E-state index contributed by atoms with van der Waals surface area (Å²) in [6.45, 7) is 2.32. The molecule has 3 atom stereocenters. The van der Waals surface area contributed by atoms with E-state index in [0.717, 1.165) is 12.0 Å². The average molecular weight is 595 g/mol. The summed E-state index contributed by atoms with van der Waals surface area (Å²) in [4.78, 5) is 55.8. The number of amidine groups is 1. The Hall–Kier alpha value is -4.94. The van der Waals surface area contributed by atoms with Crippen LogP contribution in [0.25, 0.3) is 0 Å². The first-order chi connectivity index (χ1) is 20.5. The largest absolute Gasteiger partial charge is 0.480 e. The standard InChI is InChI=1S/C30H42N8O5/c1-2-3-10-23(28(41)38-24(29(42)43)11-7-16-35-30(33)34)37-27(40)22(17-19-12-14-21(15-13-19)25(31)32)26(39)36-18-20-8-5-4-6-9-20/h4-6,8-9,12-15,22-24H,2-3,7,10-11,16-18H2,1H3,(H3,31,32)(H,36,39)(H,37,40)(H,38,41)(H,42,43)(H4,33,34,35)/t22-,23+,24?/m1/s1. The molecule has 0 fully saturated rings. The lowest BCUT2D eigenvalue weighted by Crippen LogP contribution is -2.54. The van der Waals surface area contributed by atoms with Gasteiger partial charge < -0.3 is 38.3 Å². The molecule has 11 N–H and O–H groups in total. The number of unbranched alkanes of at least 4 members (excludes halogenated alkanes) is 1. The minimum Gasteiger partial charge on any atom is -0.480 e. The Morgan fingerprint density at radius 2 is 1.47 bits per heavy atom. The summed E-state index contributed by atoms with van der Waals surface area (Å²) in [5.41, 5.74) is 18.2. The molecule has 0 bridgehead atoms. The van der Waals surface area contributed by atoms with Crippen LogP contribution in [0.2, 0.25) is 0 Å². The van der Waals surface area contributed by atoms with Gasteiger partial charge in [0.05, 0.1) is 0 Å². The molecule has 13 heteroatoms. The van der Waals surface area contributed by atoms with Crippen molar-refractivity contribution in [2.75, 3.05) is 6.54 Å². The molecule has 232 valence electrons. The van der Waals surface area contributed by atoms with E-state index >= 15 is 0 Å². The van der Waals surface area contributed by atoms with E-state index in [1.807, 2.05) is 37.3 Å². The molecule has 2 rings (SSSR count). The van der Waals surface area contributed by atoms with Gasteiger partial charge >= 0.3 is 5.97 Å². The maximum absolute atomic E-state index is 13.6. The molecule has 2 aromatic rings. The predicted octanol–water partition coefficient (Wildman–Crippen LogP) is 0.744. The van der Waals surface area contributed by atoms with Crippen LogP contribution in [0.4, 0.5) is 0 Å². The molecule has 0 heterocycles. The monoisotopic (exact) mass is 594 g/mol. The van der Waals surface area contributed by atoms with Gasteiger partial charge in [-0.2, -0.15) is 0 Å². The Balaban J connectivity index is 2.22. The summed E-state index contributed by atoms with van der Waals surface area (Å²) in [7, 11) is 0. The van der Waals surface area contributed by atoms with E-state index in [-0.39, 0.29) is 44.1 Å². The van der Waals surface area contributed by atoms with E-state index in [0.29, 0.717) is 24.0 Å². The van der Waals surface area contributed by atoms with Crippen molar-refractivity contribution in [2.45, 2.75) is 64.1 Å². The number of hydrogen-bond donors (Lipinski definition) is 8. The van der Waals surface area contributed by atoms with Crippen LogP contribution < -0.4 is 33.2 Å². The van der Waals surface area contributed by atoms with Crippen LogP contribution in [0.1, 0.15) is 55.7 Å². The highest BCUT2D eigenvalue weighted by molar-refractivity contribution is 6.02. The van der Waals surface area contributed by atoms with Crippen LogP contribution in [0.15, 0.2) is 59.6 Å². The van der Waals surface area contributed by atoms with Crippen molar-refractivity contribution in [1.29, 1.82) is 5.41 Å². The van der Waals surface area contributed by atoms with E-state index in [4.69, 9.17) is 22.6 Å². The zero-order valence-corrected chi connectivity index (χ0v) is 24.3. The SMILES string of the molecule is CCCC[C@H](NC(=O)[C@H](Cc1ccc(C(=N)N)cc1)C(=O)NCc1ccccc1)C(=O)NC(CCCN=C(N)N)C(=O)O. The summed E-state index contributed by atoms with van der Waals surface area (Å²) < 4.78 is 0. The van der Waals surface area contributed by atoms with Gasteiger partial charge in [0.2, 0.25) is 17.7 Å². The van der Waals surface area contributed by atoms with Crippen molar-refractivity contribution < 1.29 is 24.3 Å². The van der Waals surface area contributed by atoms with Crippen LogP contribution in [-0.4, -0.2) is 59.2 Å². The molecule has 0 spiro atoms. The van der Waals surface area contributed by atoms with Crippen molar-refractivity contribution in [3.63, 3.8) is 0 Å². The number of aliphatic carboxylic acids is 1. The molecule has 0 aliphatic rings. The third-order valence-corrected chi connectivity index (χ3v) is 6.69. The summed E-state index contributed by atoms with van der Waals surface area (Å²) in [5, 5.41) is 25.2.